The maximum Gasteiger partial charge on any atom is 0.215 e. The first-order chi connectivity index (χ1) is 15.2. The molecule has 2 fully saturated rings. The zero-order chi connectivity index (χ0) is 21.6. The quantitative estimate of drug-likeness (QED) is 0.612. The minimum atomic E-state index is 0.444. The fourth-order valence-electron chi connectivity index (χ4n) is 4.56. The number of ether oxygens (including phenoxy) is 3. The van der Waals surface area contributed by atoms with Gasteiger partial charge in [0, 0.05) is 35.8 Å². The first-order valence-electron chi connectivity index (χ1n) is 11.5. The van der Waals surface area contributed by atoms with E-state index in [1.54, 1.807) is 14.2 Å². The van der Waals surface area contributed by atoms with Crippen LogP contribution in [-0.4, -0.2) is 81.4 Å². The zero-order valence-corrected chi connectivity index (χ0v) is 19.2. The standard InChI is InChI=1S/C24H36N4O3/c1-27-12-7-18(8-13-27)25-21-17-24(30-3)26-20-16-23(22(29-2)15-19(20)21)31-14-6-11-28-9-4-5-10-28/h15-18H,4-14H2,1-3H3,(H,25,26). The molecule has 1 aromatic carbocycles. The average molecular weight is 429 g/mol. The molecule has 0 radical (unpaired) electrons. The highest BCUT2D eigenvalue weighted by atomic mass is 16.5. The average Bonchev–Trinajstić information content (AvgIpc) is 3.31. The number of pyridine rings is 1. The van der Waals surface area contributed by atoms with Gasteiger partial charge in [-0.05, 0) is 71.4 Å². The summed E-state index contributed by atoms with van der Waals surface area (Å²) in [4.78, 5) is 9.56. The van der Waals surface area contributed by atoms with E-state index in [0.717, 1.165) is 67.0 Å². The van der Waals surface area contributed by atoms with Crippen molar-refractivity contribution in [2.75, 3.05) is 65.9 Å². The summed E-state index contributed by atoms with van der Waals surface area (Å²) in [6.07, 6.45) is 5.90. The van der Waals surface area contributed by atoms with Crippen LogP contribution in [0.1, 0.15) is 32.1 Å². The summed E-state index contributed by atoms with van der Waals surface area (Å²) < 4.78 is 17.3. The van der Waals surface area contributed by atoms with Crippen LogP contribution in [-0.2, 0) is 0 Å². The van der Waals surface area contributed by atoms with Crippen molar-refractivity contribution < 1.29 is 14.2 Å². The molecule has 2 aliphatic rings. The van der Waals surface area contributed by atoms with Crippen LogP contribution in [0.5, 0.6) is 17.4 Å². The number of rotatable bonds is 9. The summed E-state index contributed by atoms with van der Waals surface area (Å²) in [5, 5.41) is 4.75. The van der Waals surface area contributed by atoms with Crippen molar-refractivity contribution in [3.8, 4) is 17.4 Å². The number of methoxy groups -OCH3 is 2. The molecule has 0 spiro atoms. The molecule has 0 bridgehead atoms. The normalized spacial score (nSPS) is 18.4. The second-order valence-corrected chi connectivity index (χ2v) is 8.71. The molecular weight excluding hydrogens is 392 g/mol. The first-order valence-corrected chi connectivity index (χ1v) is 11.5. The molecule has 7 nitrogen and oxygen atoms in total. The van der Waals surface area contributed by atoms with Gasteiger partial charge >= 0.3 is 0 Å². The Morgan fingerprint density at radius 2 is 1.77 bits per heavy atom. The molecule has 2 aliphatic heterocycles. The summed E-state index contributed by atoms with van der Waals surface area (Å²) in [5.74, 6) is 2.09. The second-order valence-electron chi connectivity index (χ2n) is 8.71. The molecule has 0 amide bonds. The van der Waals surface area contributed by atoms with Crippen molar-refractivity contribution in [3.05, 3.63) is 18.2 Å². The highest BCUT2D eigenvalue weighted by Gasteiger charge is 2.19. The smallest absolute Gasteiger partial charge is 0.215 e. The van der Waals surface area contributed by atoms with E-state index in [4.69, 9.17) is 14.2 Å². The van der Waals surface area contributed by atoms with Crippen LogP contribution >= 0.6 is 0 Å². The van der Waals surface area contributed by atoms with Crippen LogP contribution in [0, 0.1) is 0 Å². The molecule has 31 heavy (non-hydrogen) atoms. The van der Waals surface area contributed by atoms with E-state index in [1.807, 2.05) is 18.2 Å². The Bertz CT molecular complexity index is 862. The van der Waals surface area contributed by atoms with Gasteiger partial charge in [0.05, 0.1) is 26.3 Å². The van der Waals surface area contributed by atoms with Crippen LogP contribution in [0.3, 0.4) is 0 Å². The van der Waals surface area contributed by atoms with Crippen molar-refractivity contribution in [1.82, 2.24) is 14.8 Å². The molecule has 2 saturated heterocycles. The van der Waals surface area contributed by atoms with Crippen LogP contribution in [0.2, 0.25) is 0 Å². The van der Waals surface area contributed by atoms with E-state index in [9.17, 15) is 0 Å². The van der Waals surface area contributed by atoms with Gasteiger partial charge in [-0.3, -0.25) is 0 Å². The van der Waals surface area contributed by atoms with Gasteiger partial charge in [0.1, 0.15) is 0 Å². The van der Waals surface area contributed by atoms with Crippen molar-refractivity contribution in [3.63, 3.8) is 0 Å². The van der Waals surface area contributed by atoms with Gasteiger partial charge in [-0.2, -0.15) is 0 Å². The van der Waals surface area contributed by atoms with E-state index in [2.05, 4.69) is 27.1 Å². The van der Waals surface area contributed by atoms with Gasteiger partial charge < -0.3 is 29.3 Å². The van der Waals surface area contributed by atoms with Crippen molar-refractivity contribution in [1.29, 1.82) is 0 Å². The molecular formula is C24H36N4O3. The molecule has 170 valence electrons. The predicted octanol–water partition coefficient (Wildman–Crippen LogP) is 3.62. The van der Waals surface area contributed by atoms with Crippen LogP contribution in [0.4, 0.5) is 5.69 Å². The SMILES string of the molecule is COc1cc(NC2CCN(C)CC2)c2cc(OC)c(OCCCN3CCCC3)cc2n1. The number of nitrogens with zero attached hydrogens (tertiary/aromatic N) is 3. The maximum absolute atomic E-state index is 6.11. The summed E-state index contributed by atoms with van der Waals surface area (Å²) in [5.41, 5.74) is 1.89. The van der Waals surface area contributed by atoms with Crippen molar-refractivity contribution >= 4 is 16.6 Å². The van der Waals surface area contributed by atoms with E-state index < -0.39 is 0 Å². The first kappa shape index (κ1) is 22.0. The fourth-order valence-corrected chi connectivity index (χ4v) is 4.56. The molecule has 0 aliphatic carbocycles. The number of anilines is 1. The summed E-state index contributed by atoms with van der Waals surface area (Å²) in [7, 11) is 5.53. The number of likely N-dealkylation sites (tertiary alicyclic amines) is 2. The molecule has 0 saturated carbocycles. The number of piperidine rings is 1. The van der Waals surface area contributed by atoms with Gasteiger partial charge in [-0.1, -0.05) is 0 Å². The van der Waals surface area contributed by atoms with Crippen molar-refractivity contribution in [2.45, 2.75) is 38.1 Å². The highest BCUT2D eigenvalue weighted by Crippen LogP contribution is 2.37. The monoisotopic (exact) mass is 428 g/mol. The van der Waals surface area contributed by atoms with E-state index >= 15 is 0 Å². The van der Waals surface area contributed by atoms with Crippen LogP contribution in [0.15, 0.2) is 18.2 Å². The summed E-state index contributed by atoms with van der Waals surface area (Å²) in [6.45, 7) is 6.41. The number of fused-ring (bicyclic) bond motifs is 1. The lowest BCUT2D eigenvalue weighted by atomic mass is 10.0. The van der Waals surface area contributed by atoms with Gasteiger partial charge in [-0.25, -0.2) is 4.98 Å². The van der Waals surface area contributed by atoms with E-state index in [1.165, 1.54) is 25.9 Å². The maximum atomic E-state index is 6.11. The topological polar surface area (TPSA) is 59.1 Å². The Morgan fingerprint density at radius 3 is 2.48 bits per heavy atom. The minimum Gasteiger partial charge on any atom is -0.493 e. The predicted molar refractivity (Wildman–Crippen MR) is 125 cm³/mol. The number of hydrogen-bond acceptors (Lipinski definition) is 7. The molecule has 0 atom stereocenters. The Kier molecular flexibility index (Phi) is 7.35. The number of aromatic nitrogens is 1. The van der Waals surface area contributed by atoms with E-state index in [0.29, 0.717) is 18.5 Å². The summed E-state index contributed by atoms with van der Waals surface area (Å²) >= 11 is 0. The lowest BCUT2D eigenvalue weighted by Crippen LogP contribution is -2.36. The molecule has 0 unspecified atom stereocenters. The highest BCUT2D eigenvalue weighted by molar-refractivity contribution is 5.94. The van der Waals surface area contributed by atoms with Gasteiger partial charge in [0.15, 0.2) is 11.5 Å². The molecule has 1 aromatic heterocycles. The van der Waals surface area contributed by atoms with Crippen LogP contribution in [0.25, 0.3) is 10.9 Å². The number of hydrogen-bond donors (Lipinski definition) is 1. The fraction of sp³-hybridized carbons (Fsp3) is 0.625. The summed E-state index contributed by atoms with van der Waals surface area (Å²) in [6, 6.07) is 6.44. The Labute approximate surface area is 185 Å². The second kappa shape index (κ2) is 10.4. The lowest BCUT2D eigenvalue weighted by Gasteiger charge is -2.30. The third-order valence-electron chi connectivity index (χ3n) is 6.43. The molecule has 1 N–H and O–H groups in total. The van der Waals surface area contributed by atoms with Gasteiger partial charge in [-0.15, -0.1) is 0 Å². The van der Waals surface area contributed by atoms with Gasteiger partial charge in [0.25, 0.3) is 0 Å². The zero-order valence-electron chi connectivity index (χ0n) is 19.2. The largest absolute Gasteiger partial charge is 0.493 e. The number of nitrogens with one attached hydrogen (secondary N) is 1. The molecule has 2 aromatic rings. The Balaban J connectivity index is 1.51. The third kappa shape index (κ3) is 5.52. The van der Waals surface area contributed by atoms with Crippen molar-refractivity contribution in [2.24, 2.45) is 0 Å². The molecule has 7 heteroatoms. The van der Waals surface area contributed by atoms with Gasteiger partial charge in [0.2, 0.25) is 5.88 Å². The third-order valence-corrected chi connectivity index (χ3v) is 6.43. The Hall–Kier alpha value is -2.25. The van der Waals surface area contributed by atoms with Crippen LogP contribution < -0.4 is 19.5 Å². The lowest BCUT2D eigenvalue weighted by molar-refractivity contribution is 0.254. The Morgan fingerprint density at radius 1 is 1.00 bits per heavy atom. The molecule has 4 rings (SSSR count). The molecule has 3 heterocycles. The number of benzene rings is 1. The van der Waals surface area contributed by atoms with E-state index in [-0.39, 0.29) is 0 Å². The minimum absolute atomic E-state index is 0.444.